The fourth-order valence-corrected chi connectivity index (χ4v) is 1.09. The van der Waals surface area contributed by atoms with Crippen LogP contribution in [0.15, 0.2) is 6.20 Å². The summed E-state index contributed by atoms with van der Waals surface area (Å²) < 4.78 is 6.92. The Hall–Kier alpha value is -1.52. The average molecular weight is 198 g/mol. The van der Waals surface area contributed by atoms with E-state index in [9.17, 15) is 4.79 Å². The third-order valence-electron chi connectivity index (χ3n) is 1.75. The fourth-order valence-electron chi connectivity index (χ4n) is 1.09. The second-order valence-electron chi connectivity index (χ2n) is 3.15. The second kappa shape index (κ2) is 4.13. The summed E-state index contributed by atoms with van der Waals surface area (Å²) in [5.74, 6) is -1.04. The zero-order valence-electron chi connectivity index (χ0n) is 8.52. The highest BCUT2D eigenvalue weighted by Gasteiger charge is 2.15. The molecule has 0 aliphatic carbocycles. The Balaban J connectivity index is 3.05. The van der Waals surface area contributed by atoms with Crippen LogP contribution in [0.3, 0.4) is 0 Å². The maximum Gasteiger partial charge on any atom is 0.356 e. The van der Waals surface area contributed by atoms with E-state index in [2.05, 4.69) is 4.98 Å². The Kier molecular flexibility index (Phi) is 3.11. The van der Waals surface area contributed by atoms with Gasteiger partial charge in [0.15, 0.2) is 5.69 Å². The molecule has 1 aromatic heterocycles. The smallest absolute Gasteiger partial charge is 0.356 e. The van der Waals surface area contributed by atoms with Gasteiger partial charge in [-0.15, -0.1) is 0 Å². The van der Waals surface area contributed by atoms with Crippen LogP contribution in [0.1, 0.15) is 37.3 Å². The molecule has 0 amide bonds. The summed E-state index contributed by atoms with van der Waals surface area (Å²) in [7, 11) is 0. The molecule has 1 N–H and O–H groups in total. The molecule has 78 valence electrons. The quantitative estimate of drug-likeness (QED) is 0.797. The maximum absolute atomic E-state index is 10.7. The molecule has 1 heterocycles. The van der Waals surface area contributed by atoms with Gasteiger partial charge >= 0.3 is 5.97 Å². The van der Waals surface area contributed by atoms with Crippen LogP contribution >= 0.6 is 0 Å². The average Bonchev–Trinajstić information content (AvgIpc) is 2.49. The number of carbonyl (C=O) groups is 1. The lowest BCUT2D eigenvalue weighted by Gasteiger charge is -2.09. The maximum atomic E-state index is 10.7. The van der Waals surface area contributed by atoms with Crippen molar-refractivity contribution in [1.29, 1.82) is 0 Å². The lowest BCUT2D eigenvalue weighted by atomic mass is 10.4. The van der Waals surface area contributed by atoms with Crippen LogP contribution in [-0.2, 0) is 0 Å². The minimum atomic E-state index is -1.04. The van der Waals surface area contributed by atoms with Crippen molar-refractivity contribution < 1.29 is 14.6 Å². The SMILES string of the molecule is CCOc1nc(C(=O)O)cn1C(C)C. The topological polar surface area (TPSA) is 64.3 Å². The number of hydrogen-bond donors (Lipinski definition) is 1. The summed E-state index contributed by atoms with van der Waals surface area (Å²) in [6, 6.07) is 0.497. The normalized spacial score (nSPS) is 10.6. The van der Waals surface area contributed by atoms with Crippen molar-refractivity contribution in [2.45, 2.75) is 26.8 Å². The summed E-state index contributed by atoms with van der Waals surface area (Å²) in [6.07, 6.45) is 1.48. The van der Waals surface area contributed by atoms with Crippen LogP contribution in [0.25, 0.3) is 0 Å². The number of nitrogens with zero attached hydrogens (tertiary/aromatic N) is 2. The predicted molar refractivity (Wildman–Crippen MR) is 50.7 cm³/mol. The minimum absolute atomic E-state index is 0.0159. The van der Waals surface area contributed by atoms with Gasteiger partial charge in [-0.25, -0.2) is 4.79 Å². The highest BCUT2D eigenvalue weighted by molar-refractivity contribution is 5.85. The molecule has 5 nitrogen and oxygen atoms in total. The summed E-state index contributed by atoms with van der Waals surface area (Å²) in [5.41, 5.74) is 0.0159. The van der Waals surface area contributed by atoms with Crippen molar-refractivity contribution in [2.75, 3.05) is 6.61 Å². The van der Waals surface area contributed by atoms with Crippen LogP contribution in [-0.4, -0.2) is 27.2 Å². The molecule has 14 heavy (non-hydrogen) atoms. The number of rotatable bonds is 4. The molecule has 1 rings (SSSR count). The number of hydrogen-bond acceptors (Lipinski definition) is 3. The number of imidazole rings is 1. The van der Waals surface area contributed by atoms with Crippen LogP contribution in [0.5, 0.6) is 6.01 Å². The zero-order valence-corrected chi connectivity index (χ0v) is 8.52. The Morgan fingerprint density at radius 2 is 2.36 bits per heavy atom. The number of carboxylic acid groups (broad SMARTS) is 1. The molecule has 1 aromatic rings. The molecule has 0 spiro atoms. The summed E-state index contributed by atoms with van der Waals surface area (Å²) in [6.45, 7) is 6.19. The minimum Gasteiger partial charge on any atom is -0.476 e. The van der Waals surface area contributed by atoms with E-state index in [1.165, 1.54) is 6.20 Å². The van der Waals surface area contributed by atoms with E-state index in [1.807, 2.05) is 20.8 Å². The molecule has 0 saturated carbocycles. The third-order valence-corrected chi connectivity index (χ3v) is 1.75. The van der Waals surface area contributed by atoms with Crippen LogP contribution in [0.4, 0.5) is 0 Å². The van der Waals surface area contributed by atoms with Gasteiger partial charge in [0.25, 0.3) is 6.01 Å². The van der Waals surface area contributed by atoms with Gasteiger partial charge in [0.2, 0.25) is 0 Å². The van der Waals surface area contributed by atoms with E-state index in [0.717, 1.165) is 0 Å². The first-order valence-corrected chi connectivity index (χ1v) is 4.51. The molecule has 0 atom stereocenters. The van der Waals surface area contributed by atoms with Crippen LogP contribution in [0.2, 0.25) is 0 Å². The molecule has 0 aliphatic heterocycles. The van der Waals surface area contributed by atoms with Gasteiger partial charge < -0.3 is 9.84 Å². The number of aromatic nitrogens is 2. The number of aromatic carboxylic acids is 1. The van der Waals surface area contributed by atoms with Gasteiger partial charge in [-0.1, -0.05) is 0 Å². The largest absolute Gasteiger partial charge is 0.476 e. The molecule has 5 heteroatoms. The predicted octanol–water partition coefficient (Wildman–Crippen LogP) is 1.56. The Morgan fingerprint density at radius 3 is 2.79 bits per heavy atom. The Bertz CT molecular complexity index is 331. The lowest BCUT2D eigenvalue weighted by Crippen LogP contribution is -2.04. The van der Waals surface area contributed by atoms with E-state index in [0.29, 0.717) is 12.6 Å². The molecular formula is C9H14N2O3. The molecule has 0 fully saturated rings. The Morgan fingerprint density at radius 1 is 1.71 bits per heavy atom. The second-order valence-corrected chi connectivity index (χ2v) is 3.15. The van der Waals surface area contributed by atoms with E-state index in [-0.39, 0.29) is 11.7 Å². The van der Waals surface area contributed by atoms with Crippen molar-refractivity contribution in [3.63, 3.8) is 0 Å². The van der Waals surface area contributed by atoms with Crippen molar-refractivity contribution in [1.82, 2.24) is 9.55 Å². The first kappa shape index (κ1) is 10.6. The number of ether oxygens (including phenoxy) is 1. The molecule has 0 aliphatic rings. The first-order valence-electron chi connectivity index (χ1n) is 4.51. The lowest BCUT2D eigenvalue weighted by molar-refractivity contribution is 0.0690. The van der Waals surface area contributed by atoms with E-state index >= 15 is 0 Å². The van der Waals surface area contributed by atoms with E-state index in [4.69, 9.17) is 9.84 Å². The Labute approximate surface area is 82.3 Å². The van der Waals surface area contributed by atoms with Crippen molar-refractivity contribution in [3.8, 4) is 6.01 Å². The fraction of sp³-hybridized carbons (Fsp3) is 0.556. The zero-order chi connectivity index (χ0) is 10.7. The van der Waals surface area contributed by atoms with Crippen LogP contribution < -0.4 is 4.74 Å². The van der Waals surface area contributed by atoms with Crippen molar-refractivity contribution in [3.05, 3.63) is 11.9 Å². The van der Waals surface area contributed by atoms with Gasteiger partial charge in [-0.2, -0.15) is 4.98 Å². The molecule has 0 radical (unpaired) electrons. The molecular weight excluding hydrogens is 184 g/mol. The van der Waals surface area contributed by atoms with Gasteiger partial charge in [0.1, 0.15) is 0 Å². The first-order chi connectivity index (χ1) is 6.56. The van der Waals surface area contributed by atoms with E-state index in [1.54, 1.807) is 4.57 Å². The van der Waals surface area contributed by atoms with Gasteiger partial charge in [-0.05, 0) is 20.8 Å². The van der Waals surface area contributed by atoms with E-state index < -0.39 is 5.97 Å². The van der Waals surface area contributed by atoms with Gasteiger partial charge in [-0.3, -0.25) is 4.57 Å². The standard InChI is InChI=1S/C9H14N2O3/c1-4-14-9-10-7(8(12)13)5-11(9)6(2)3/h5-6H,4H2,1-3H3,(H,12,13). The molecule has 0 aromatic carbocycles. The summed E-state index contributed by atoms with van der Waals surface area (Å²) >= 11 is 0. The molecule has 0 unspecified atom stereocenters. The molecule has 0 saturated heterocycles. The highest BCUT2D eigenvalue weighted by atomic mass is 16.5. The van der Waals surface area contributed by atoms with Crippen molar-refractivity contribution >= 4 is 5.97 Å². The summed E-state index contributed by atoms with van der Waals surface area (Å²) in [5, 5.41) is 8.74. The highest BCUT2D eigenvalue weighted by Crippen LogP contribution is 2.17. The van der Waals surface area contributed by atoms with Gasteiger partial charge in [0.05, 0.1) is 6.61 Å². The number of carboxylic acids is 1. The third kappa shape index (κ3) is 2.04. The summed E-state index contributed by atoms with van der Waals surface area (Å²) in [4.78, 5) is 14.5. The van der Waals surface area contributed by atoms with Crippen LogP contribution in [0, 0.1) is 0 Å². The van der Waals surface area contributed by atoms with Gasteiger partial charge in [0, 0.05) is 12.2 Å². The van der Waals surface area contributed by atoms with Crippen molar-refractivity contribution in [2.24, 2.45) is 0 Å². The monoisotopic (exact) mass is 198 g/mol. The molecule has 0 bridgehead atoms.